The first kappa shape index (κ1) is 17.4. The number of carbonyl (C=O) groups excluding carboxylic acids is 2. The molecule has 0 radical (unpaired) electrons. The van der Waals surface area contributed by atoms with Gasteiger partial charge in [-0.3, -0.25) is 4.90 Å². The van der Waals surface area contributed by atoms with Crippen molar-refractivity contribution >= 4 is 11.9 Å². The molecule has 24 heavy (non-hydrogen) atoms. The van der Waals surface area contributed by atoms with E-state index in [0.29, 0.717) is 5.57 Å². The van der Waals surface area contributed by atoms with Gasteiger partial charge in [0.05, 0.1) is 12.6 Å². The highest BCUT2D eigenvalue weighted by atomic mass is 16.6. The Morgan fingerprint density at radius 1 is 1.29 bits per heavy atom. The van der Waals surface area contributed by atoms with E-state index in [-0.39, 0.29) is 37.1 Å². The Hall–Kier alpha value is -1.40. The largest absolute Gasteiger partial charge is 0.463 e. The third-order valence-electron chi connectivity index (χ3n) is 5.97. The lowest BCUT2D eigenvalue weighted by Gasteiger charge is -2.32. The van der Waals surface area contributed by atoms with Gasteiger partial charge in [0.1, 0.15) is 6.10 Å². The molecule has 0 aromatic heterocycles. The average Bonchev–Trinajstić information content (AvgIpc) is 3.12. The molecule has 3 saturated heterocycles. The molecule has 1 unspecified atom stereocenters. The van der Waals surface area contributed by atoms with Crippen molar-refractivity contribution in [1.82, 2.24) is 4.90 Å². The SMILES string of the molecule is C/C=C1/C[C@@H](C)[C@](C)(O)C(=O)OCC2CCN3CC[C@@H](OC1=O)[C@@H]23. The highest BCUT2D eigenvalue weighted by Crippen LogP contribution is 2.36. The molecular formula is C18H27NO5. The molecular weight excluding hydrogens is 310 g/mol. The van der Waals surface area contributed by atoms with Gasteiger partial charge in [-0.15, -0.1) is 0 Å². The summed E-state index contributed by atoms with van der Waals surface area (Å²) in [5.74, 6) is -1.23. The minimum Gasteiger partial charge on any atom is -0.463 e. The van der Waals surface area contributed by atoms with Crippen molar-refractivity contribution in [2.45, 2.75) is 57.8 Å². The van der Waals surface area contributed by atoms with E-state index in [1.807, 2.05) is 0 Å². The van der Waals surface area contributed by atoms with Gasteiger partial charge in [-0.1, -0.05) is 13.0 Å². The fourth-order valence-electron chi connectivity index (χ4n) is 4.11. The predicted molar refractivity (Wildman–Crippen MR) is 87.1 cm³/mol. The van der Waals surface area contributed by atoms with Crippen LogP contribution in [0, 0.1) is 11.8 Å². The second-order valence-electron chi connectivity index (χ2n) is 7.47. The van der Waals surface area contributed by atoms with E-state index < -0.39 is 17.5 Å². The van der Waals surface area contributed by atoms with E-state index in [2.05, 4.69) is 4.90 Å². The zero-order valence-electron chi connectivity index (χ0n) is 14.7. The van der Waals surface area contributed by atoms with Gasteiger partial charge in [0.25, 0.3) is 0 Å². The molecule has 0 aliphatic carbocycles. The molecule has 3 fully saturated rings. The molecule has 0 amide bonds. The van der Waals surface area contributed by atoms with Gasteiger partial charge >= 0.3 is 11.9 Å². The van der Waals surface area contributed by atoms with Crippen LogP contribution in [0.2, 0.25) is 0 Å². The van der Waals surface area contributed by atoms with Gasteiger partial charge in [-0.05, 0) is 45.6 Å². The minimum atomic E-state index is -1.62. The van der Waals surface area contributed by atoms with Gasteiger partial charge in [0, 0.05) is 18.0 Å². The van der Waals surface area contributed by atoms with Crippen molar-refractivity contribution in [2.75, 3.05) is 19.7 Å². The van der Waals surface area contributed by atoms with Gasteiger partial charge in [-0.25, -0.2) is 9.59 Å². The van der Waals surface area contributed by atoms with Crippen molar-refractivity contribution in [2.24, 2.45) is 11.8 Å². The summed E-state index contributed by atoms with van der Waals surface area (Å²) >= 11 is 0. The summed E-state index contributed by atoms with van der Waals surface area (Å²) in [5.41, 5.74) is -1.12. The number of nitrogens with zero attached hydrogens (tertiary/aromatic N) is 1. The topological polar surface area (TPSA) is 76.1 Å². The van der Waals surface area contributed by atoms with Crippen LogP contribution in [0.25, 0.3) is 0 Å². The lowest BCUT2D eigenvalue weighted by molar-refractivity contribution is -0.172. The third kappa shape index (κ3) is 2.97. The summed E-state index contributed by atoms with van der Waals surface area (Å²) in [4.78, 5) is 27.3. The summed E-state index contributed by atoms with van der Waals surface area (Å²) in [6.45, 7) is 7.11. The predicted octanol–water partition coefficient (Wildman–Crippen LogP) is 1.27. The Kier molecular flexibility index (Phi) is 4.71. The van der Waals surface area contributed by atoms with Crippen LogP contribution in [-0.2, 0) is 19.1 Å². The lowest BCUT2D eigenvalue weighted by Crippen LogP contribution is -2.46. The molecule has 3 heterocycles. The van der Waals surface area contributed by atoms with Crippen LogP contribution in [0.15, 0.2) is 11.6 Å². The van der Waals surface area contributed by atoms with Crippen LogP contribution in [-0.4, -0.2) is 59.4 Å². The quantitative estimate of drug-likeness (QED) is 0.530. The molecule has 3 aliphatic heterocycles. The number of ether oxygens (including phenoxy) is 2. The Labute approximate surface area is 142 Å². The number of rotatable bonds is 0. The smallest absolute Gasteiger partial charge is 0.338 e. The molecule has 0 spiro atoms. The van der Waals surface area contributed by atoms with Crippen LogP contribution in [0.1, 0.15) is 40.0 Å². The zero-order valence-corrected chi connectivity index (χ0v) is 14.7. The first-order valence-electron chi connectivity index (χ1n) is 8.84. The summed E-state index contributed by atoms with van der Waals surface area (Å²) in [6.07, 6.45) is 3.59. The number of cyclic esters (lactones) is 1. The van der Waals surface area contributed by atoms with E-state index >= 15 is 0 Å². The number of allylic oxidation sites excluding steroid dienone is 1. The molecule has 1 N–H and O–H groups in total. The van der Waals surface area contributed by atoms with Crippen LogP contribution in [0.4, 0.5) is 0 Å². The maximum atomic E-state index is 12.6. The number of carbonyl (C=O) groups is 2. The van der Waals surface area contributed by atoms with Crippen LogP contribution < -0.4 is 0 Å². The van der Waals surface area contributed by atoms with Crippen molar-refractivity contribution in [3.05, 3.63) is 11.6 Å². The van der Waals surface area contributed by atoms with Crippen LogP contribution in [0.5, 0.6) is 0 Å². The highest BCUT2D eigenvalue weighted by Gasteiger charge is 2.48. The Morgan fingerprint density at radius 3 is 2.71 bits per heavy atom. The first-order chi connectivity index (χ1) is 11.3. The van der Waals surface area contributed by atoms with E-state index in [1.54, 1.807) is 19.9 Å². The van der Waals surface area contributed by atoms with Crippen molar-refractivity contribution in [3.63, 3.8) is 0 Å². The van der Waals surface area contributed by atoms with Gasteiger partial charge in [-0.2, -0.15) is 0 Å². The van der Waals surface area contributed by atoms with Gasteiger partial charge < -0.3 is 14.6 Å². The van der Waals surface area contributed by atoms with Crippen molar-refractivity contribution in [1.29, 1.82) is 0 Å². The Morgan fingerprint density at radius 2 is 2.00 bits per heavy atom. The fraction of sp³-hybridized carbons (Fsp3) is 0.778. The number of hydrogen-bond donors (Lipinski definition) is 1. The normalized spacial score (nSPS) is 42.9. The Bertz CT molecular complexity index is 556. The number of aliphatic hydroxyl groups is 1. The van der Waals surface area contributed by atoms with Crippen molar-refractivity contribution < 1.29 is 24.2 Å². The second kappa shape index (κ2) is 6.48. The van der Waals surface area contributed by atoms with E-state index in [4.69, 9.17) is 9.47 Å². The van der Waals surface area contributed by atoms with E-state index in [0.717, 1.165) is 25.9 Å². The average molecular weight is 337 g/mol. The maximum Gasteiger partial charge on any atom is 0.338 e. The minimum absolute atomic E-state index is 0.113. The van der Waals surface area contributed by atoms with Gasteiger partial charge in [0.15, 0.2) is 5.60 Å². The molecule has 0 saturated carbocycles. The zero-order chi connectivity index (χ0) is 17.5. The molecule has 134 valence electrons. The molecule has 3 rings (SSSR count). The monoisotopic (exact) mass is 337 g/mol. The molecule has 0 aromatic rings. The van der Waals surface area contributed by atoms with Gasteiger partial charge in [0.2, 0.25) is 0 Å². The third-order valence-corrected chi connectivity index (χ3v) is 5.97. The first-order valence-corrected chi connectivity index (χ1v) is 8.84. The molecule has 5 atom stereocenters. The number of hydrogen-bond acceptors (Lipinski definition) is 6. The van der Waals surface area contributed by atoms with Crippen LogP contribution >= 0.6 is 0 Å². The molecule has 6 nitrogen and oxygen atoms in total. The van der Waals surface area contributed by atoms with Crippen LogP contribution in [0.3, 0.4) is 0 Å². The summed E-state index contributed by atoms with van der Waals surface area (Å²) < 4.78 is 11.3. The second-order valence-corrected chi connectivity index (χ2v) is 7.47. The number of esters is 2. The Balaban J connectivity index is 1.89. The molecule has 3 aliphatic rings. The molecule has 0 aromatic carbocycles. The summed E-state index contributed by atoms with van der Waals surface area (Å²) in [7, 11) is 0. The lowest BCUT2D eigenvalue weighted by atomic mass is 9.85. The highest BCUT2D eigenvalue weighted by molar-refractivity contribution is 5.89. The summed E-state index contributed by atoms with van der Waals surface area (Å²) in [6, 6.07) is 0.113. The molecule has 0 bridgehead atoms. The molecule has 6 heteroatoms. The van der Waals surface area contributed by atoms with E-state index in [9.17, 15) is 14.7 Å². The van der Waals surface area contributed by atoms with E-state index in [1.165, 1.54) is 6.92 Å². The maximum absolute atomic E-state index is 12.6. The standard InChI is InChI=1S/C18H27NO5/c1-4-12-9-11(2)18(3,22)17(21)23-10-13-5-7-19-8-6-14(15(13)19)24-16(12)20/h4,11,13-15,22H,5-10H2,1-3H3/b12-4-/t11-,13?,14-,15-,18+/m1/s1. The van der Waals surface area contributed by atoms with Crippen molar-refractivity contribution in [3.8, 4) is 0 Å². The fourth-order valence-corrected chi connectivity index (χ4v) is 4.11. The summed E-state index contributed by atoms with van der Waals surface area (Å²) in [5, 5.41) is 10.6.